The molecule has 2 aromatic carbocycles. The molecule has 0 saturated carbocycles. The van der Waals surface area contributed by atoms with Gasteiger partial charge in [-0.2, -0.15) is 4.72 Å². The zero-order valence-electron chi connectivity index (χ0n) is 19.0. The third-order valence-electron chi connectivity index (χ3n) is 5.61. The van der Waals surface area contributed by atoms with Crippen LogP contribution >= 0.6 is 0 Å². The number of nitrogens with zero attached hydrogens (tertiary/aromatic N) is 1. The molecule has 0 saturated heterocycles. The van der Waals surface area contributed by atoms with E-state index in [1.54, 1.807) is 30.7 Å². The molecule has 0 radical (unpaired) electrons. The highest BCUT2D eigenvalue weighted by molar-refractivity contribution is 7.89. The van der Waals surface area contributed by atoms with E-state index in [0.29, 0.717) is 5.56 Å². The fraction of sp³-hybridized carbons (Fsp3) is 0.231. The fourth-order valence-corrected chi connectivity index (χ4v) is 4.97. The molecule has 9 heteroatoms. The number of aromatic amines is 2. The number of sulfonamides is 1. The zero-order chi connectivity index (χ0) is 24.7. The van der Waals surface area contributed by atoms with Crippen LogP contribution in [0.25, 0.3) is 10.9 Å². The number of aryl methyl sites for hydroxylation is 1. The number of carboxylic acids is 1. The molecule has 0 amide bonds. The van der Waals surface area contributed by atoms with Crippen molar-refractivity contribution in [2.75, 3.05) is 0 Å². The highest BCUT2D eigenvalue weighted by Gasteiger charge is 2.26. The Labute approximate surface area is 203 Å². The maximum Gasteiger partial charge on any atom is 0.322 e. The molecule has 2 heterocycles. The van der Waals surface area contributed by atoms with Crippen LogP contribution in [0.2, 0.25) is 0 Å². The van der Waals surface area contributed by atoms with Gasteiger partial charge in [0.05, 0.1) is 4.90 Å². The maximum absolute atomic E-state index is 12.9. The number of para-hydroxylation sites is 1. The molecule has 0 aliphatic heterocycles. The Bertz CT molecular complexity index is 1450. The lowest BCUT2D eigenvalue weighted by Gasteiger charge is -2.14. The molecule has 0 spiro atoms. The number of benzene rings is 2. The van der Waals surface area contributed by atoms with E-state index >= 15 is 0 Å². The van der Waals surface area contributed by atoms with E-state index in [4.69, 9.17) is 0 Å². The predicted molar refractivity (Wildman–Crippen MR) is 133 cm³/mol. The highest BCUT2D eigenvalue weighted by Crippen LogP contribution is 2.20. The zero-order valence-corrected chi connectivity index (χ0v) is 19.8. The second-order valence-corrected chi connectivity index (χ2v) is 9.86. The number of H-pyrrole nitrogens is 2. The highest BCUT2D eigenvalue weighted by atomic mass is 32.2. The summed E-state index contributed by atoms with van der Waals surface area (Å²) in [6, 6.07) is 12.3. The standard InChI is InChI=1S/C26H26N4O4S/c31-26(32)24(17-20-18-29-23-9-6-5-8-22(20)23)30-35(33,34)21-13-11-19(12-14-21)7-3-1-2-4-10-25-27-15-16-28-25/h5-6,8-9,11-16,18,24,29-30H,1-2,4,10,17H2,(H,27,28)(H,31,32)/t24-/m1/s1. The van der Waals surface area contributed by atoms with Crippen molar-refractivity contribution in [3.05, 3.63) is 84.1 Å². The number of carboxylic acid groups (broad SMARTS) is 1. The van der Waals surface area contributed by atoms with Crippen LogP contribution in [0.3, 0.4) is 0 Å². The average Bonchev–Trinajstić information content (AvgIpc) is 3.51. The van der Waals surface area contributed by atoms with Crippen molar-refractivity contribution in [3.63, 3.8) is 0 Å². The Morgan fingerprint density at radius 1 is 1.09 bits per heavy atom. The lowest BCUT2D eigenvalue weighted by Crippen LogP contribution is -2.42. The van der Waals surface area contributed by atoms with Gasteiger partial charge in [0.25, 0.3) is 0 Å². The quantitative estimate of drug-likeness (QED) is 0.199. The minimum absolute atomic E-state index is 0.00771. The number of aliphatic carboxylic acids is 1. The third kappa shape index (κ3) is 6.38. The van der Waals surface area contributed by atoms with Crippen LogP contribution in [-0.4, -0.2) is 40.5 Å². The summed E-state index contributed by atoms with van der Waals surface area (Å²) in [5, 5.41) is 10.5. The number of rotatable bonds is 10. The number of carbonyl (C=O) groups is 1. The van der Waals surface area contributed by atoms with Gasteiger partial charge >= 0.3 is 5.97 Å². The smallest absolute Gasteiger partial charge is 0.322 e. The Balaban J connectivity index is 1.35. The largest absolute Gasteiger partial charge is 0.480 e. The van der Waals surface area contributed by atoms with Crippen LogP contribution in [-0.2, 0) is 27.7 Å². The molecule has 0 fully saturated rings. The van der Waals surface area contributed by atoms with Gasteiger partial charge in [0.1, 0.15) is 11.9 Å². The number of hydrogen-bond acceptors (Lipinski definition) is 4. The number of fused-ring (bicyclic) bond motifs is 1. The van der Waals surface area contributed by atoms with Crippen molar-refractivity contribution in [3.8, 4) is 11.8 Å². The summed E-state index contributed by atoms with van der Waals surface area (Å²) in [6.07, 6.45) is 8.80. The summed E-state index contributed by atoms with van der Waals surface area (Å²) in [6.45, 7) is 0. The molecule has 0 aliphatic rings. The Morgan fingerprint density at radius 2 is 1.89 bits per heavy atom. The van der Waals surface area contributed by atoms with Gasteiger partial charge in [-0.3, -0.25) is 4.79 Å². The average molecular weight is 491 g/mol. The first-order valence-electron chi connectivity index (χ1n) is 11.3. The first-order chi connectivity index (χ1) is 16.9. The molecule has 180 valence electrons. The van der Waals surface area contributed by atoms with E-state index in [9.17, 15) is 18.3 Å². The van der Waals surface area contributed by atoms with E-state index in [1.807, 2.05) is 24.3 Å². The second-order valence-electron chi connectivity index (χ2n) is 8.14. The van der Waals surface area contributed by atoms with E-state index < -0.39 is 22.0 Å². The molecule has 0 bridgehead atoms. The molecule has 2 aromatic heterocycles. The summed E-state index contributed by atoms with van der Waals surface area (Å²) in [4.78, 5) is 22.2. The Kier molecular flexibility index (Phi) is 7.65. The Hall–Kier alpha value is -3.87. The number of hydrogen-bond donors (Lipinski definition) is 4. The second kappa shape index (κ2) is 11.0. The van der Waals surface area contributed by atoms with Crippen molar-refractivity contribution < 1.29 is 18.3 Å². The minimum atomic E-state index is -4.03. The molecule has 4 rings (SSSR count). The van der Waals surface area contributed by atoms with Crippen LogP contribution in [0.1, 0.15) is 36.2 Å². The predicted octanol–water partition coefficient (Wildman–Crippen LogP) is 3.63. The van der Waals surface area contributed by atoms with E-state index in [0.717, 1.165) is 48.0 Å². The summed E-state index contributed by atoms with van der Waals surface area (Å²) < 4.78 is 28.0. The van der Waals surface area contributed by atoms with Crippen LogP contribution in [0.4, 0.5) is 0 Å². The van der Waals surface area contributed by atoms with Crippen LogP contribution in [0.15, 0.2) is 72.0 Å². The van der Waals surface area contributed by atoms with E-state index in [-0.39, 0.29) is 11.3 Å². The van der Waals surface area contributed by atoms with Crippen LogP contribution in [0.5, 0.6) is 0 Å². The van der Waals surface area contributed by atoms with Gasteiger partial charge in [0, 0.05) is 54.3 Å². The molecule has 0 aliphatic carbocycles. The molecule has 35 heavy (non-hydrogen) atoms. The van der Waals surface area contributed by atoms with Gasteiger partial charge in [-0.25, -0.2) is 13.4 Å². The van der Waals surface area contributed by atoms with Crippen molar-refractivity contribution in [1.82, 2.24) is 19.7 Å². The van der Waals surface area contributed by atoms with Gasteiger partial charge in [0.2, 0.25) is 10.0 Å². The van der Waals surface area contributed by atoms with Gasteiger partial charge in [-0.15, -0.1) is 0 Å². The number of nitrogens with one attached hydrogen (secondary N) is 3. The first-order valence-corrected chi connectivity index (χ1v) is 12.8. The van der Waals surface area contributed by atoms with Gasteiger partial charge in [-0.05, 0) is 48.7 Å². The SMILES string of the molecule is O=C(O)[C@@H](Cc1c[nH]c2ccccc12)NS(=O)(=O)c1ccc(C#CCCCCc2ncc[nH]2)cc1. The number of aromatic nitrogens is 3. The third-order valence-corrected chi connectivity index (χ3v) is 7.10. The Morgan fingerprint density at radius 3 is 2.63 bits per heavy atom. The summed E-state index contributed by atoms with van der Waals surface area (Å²) in [7, 11) is -4.03. The molecular formula is C26H26N4O4S. The molecule has 1 atom stereocenters. The molecule has 8 nitrogen and oxygen atoms in total. The molecular weight excluding hydrogens is 464 g/mol. The summed E-state index contributed by atoms with van der Waals surface area (Å²) in [5.74, 6) is 5.86. The topological polar surface area (TPSA) is 128 Å². The molecule has 4 N–H and O–H groups in total. The van der Waals surface area contributed by atoms with Crippen molar-refractivity contribution in [2.45, 2.75) is 43.0 Å². The van der Waals surface area contributed by atoms with Gasteiger partial charge in [0.15, 0.2) is 0 Å². The normalized spacial score (nSPS) is 12.2. The van der Waals surface area contributed by atoms with E-state index in [1.165, 1.54) is 12.1 Å². The number of unbranched alkanes of at least 4 members (excludes halogenated alkanes) is 2. The molecule has 4 aromatic rings. The van der Waals surface area contributed by atoms with E-state index in [2.05, 4.69) is 31.5 Å². The maximum atomic E-state index is 12.9. The van der Waals surface area contributed by atoms with Gasteiger partial charge in [-0.1, -0.05) is 30.0 Å². The van der Waals surface area contributed by atoms with Crippen molar-refractivity contribution in [2.24, 2.45) is 0 Å². The fourth-order valence-electron chi connectivity index (χ4n) is 3.78. The molecule has 0 unspecified atom stereocenters. The lowest BCUT2D eigenvalue weighted by molar-refractivity contribution is -0.138. The van der Waals surface area contributed by atoms with Crippen LogP contribution < -0.4 is 4.72 Å². The summed E-state index contributed by atoms with van der Waals surface area (Å²) in [5.41, 5.74) is 2.29. The van der Waals surface area contributed by atoms with Gasteiger partial charge < -0.3 is 15.1 Å². The first kappa shape index (κ1) is 24.3. The number of imidazole rings is 1. The lowest BCUT2D eigenvalue weighted by atomic mass is 10.1. The van der Waals surface area contributed by atoms with Crippen molar-refractivity contribution in [1.29, 1.82) is 0 Å². The summed E-state index contributed by atoms with van der Waals surface area (Å²) >= 11 is 0. The minimum Gasteiger partial charge on any atom is -0.480 e. The monoisotopic (exact) mass is 490 g/mol. The van der Waals surface area contributed by atoms with Crippen molar-refractivity contribution >= 4 is 26.9 Å². The van der Waals surface area contributed by atoms with Crippen LogP contribution in [0, 0.1) is 11.8 Å².